The summed E-state index contributed by atoms with van der Waals surface area (Å²) in [6, 6.07) is 2.53. The van der Waals surface area contributed by atoms with E-state index in [-0.39, 0.29) is 0 Å². The molecule has 2 N–H and O–H groups in total. The van der Waals surface area contributed by atoms with Crippen LogP contribution in [0.3, 0.4) is 0 Å². The number of hydrogen-bond acceptors (Lipinski definition) is 4. The topological polar surface area (TPSA) is 49.8 Å². The van der Waals surface area contributed by atoms with Crippen molar-refractivity contribution in [2.75, 3.05) is 17.2 Å². The zero-order chi connectivity index (χ0) is 11.2. The van der Waals surface area contributed by atoms with Gasteiger partial charge in [0.25, 0.3) is 0 Å². The van der Waals surface area contributed by atoms with E-state index in [0.717, 1.165) is 18.2 Å². The Labute approximate surface area is 96.2 Å². The highest BCUT2D eigenvalue weighted by Crippen LogP contribution is 2.21. The second-order valence-electron chi connectivity index (χ2n) is 4.08. The fourth-order valence-electron chi connectivity index (χ4n) is 1.99. The number of nitrogens with one attached hydrogen (secondary N) is 2. The molecule has 2 rings (SSSR count). The number of hydrogen-bond donors (Lipinski definition) is 2. The summed E-state index contributed by atoms with van der Waals surface area (Å²) in [5, 5.41) is 6.59. The summed E-state index contributed by atoms with van der Waals surface area (Å²) in [4.78, 5) is 8.36. The zero-order valence-corrected chi connectivity index (χ0v) is 9.45. The summed E-state index contributed by atoms with van der Waals surface area (Å²) >= 11 is 0. The van der Waals surface area contributed by atoms with Crippen LogP contribution >= 0.6 is 0 Å². The minimum atomic E-state index is 0.585. The van der Waals surface area contributed by atoms with Crippen LogP contribution in [0.25, 0.3) is 0 Å². The molecule has 0 amide bonds. The molecule has 1 aliphatic rings. The molecule has 1 saturated carbocycles. The molecule has 1 aromatic rings. The lowest BCUT2D eigenvalue weighted by molar-refractivity contribution is 0.750. The van der Waals surface area contributed by atoms with E-state index in [1.807, 2.05) is 12.1 Å². The molecule has 1 fully saturated rings. The summed E-state index contributed by atoms with van der Waals surface area (Å²) in [5.41, 5.74) is 0. The zero-order valence-electron chi connectivity index (χ0n) is 9.45. The molecule has 0 radical (unpaired) electrons. The Kier molecular flexibility index (Phi) is 3.75. The van der Waals surface area contributed by atoms with Crippen molar-refractivity contribution in [1.82, 2.24) is 9.97 Å². The summed E-state index contributed by atoms with van der Waals surface area (Å²) in [7, 11) is 0. The average Bonchev–Trinajstić information content (AvgIpc) is 2.80. The van der Waals surface area contributed by atoms with Crippen molar-refractivity contribution in [2.24, 2.45) is 0 Å². The summed E-state index contributed by atoms with van der Waals surface area (Å²) in [5.74, 6) is 1.75. The first-order valence-electron chi connectivity index (χ1n) is 5.82. The Morgan fingerprint density at radius 1 is 1.31 bits per heavy atom. The van der Waals surface area contributed by atoms with Crippen LogP contribution in [-0.2, 0) is 0 Å². The molecular weight excluding hydrogens is 200 g/mol. The molecule has 1 heterocycles. The lowest BCUT2D eigenvalue weighted by atomic mass is 10.2. The quantitative estimate of drug-likeness (QED) is 0.745. The van der Waals surface area contributed by atoms with E-state index >= 15 is 0 Å². The van der Waals surface area contributed by atoms with E-state index in [1.54, 1.807) is 6.33 Å². The van der Waals surface area contributed by atoms with Crippen molar-refractivity contribution in [3.63, 3.8) is 0 Å². The minimum Gasteiger partial charge on any atom is -0.367 e. The predicted molar refractivity (Wildman–Crippen MR) is 66.6 cm³/mol. The lowest BCUT2D eigenvalue weighted by Crippen LogP contribution is -2.15. The Balaban J connectivity index is 1.94. The summed E-state index contributed by atoms with van der Waals surface area (Å²) in [6.07, 6.45) is 8.54. The van der Waals surface area contributed by atoms with Crippen molar-refractivity contribution >= 4 is 11.6 Å². The highest BCUT2D eigenvalue weighted by Gasteiger charge is 2.14. The van der Waals surface area contributed by atoms with Gasteiger partial charge in [-0.05, 0) is 12.8 Å². The van der Waals surface area contributed by atoms with Crippen molar-refractivity contribution in [1.29, 1.82) is 0 Å². The molecule has 0 aromatic carbocycles. The van der Waals surface area contributed by atoms with Gasteiger partial charge in [0.1, 0.15) is 18.0 Å². The van der Waals surface area contributed by atoms with E-state index in [0.29, 0.717) is 6.04 Å². The van der Waals surface area contributed by atoms with Gasteiger partial charge < -0.3 is 10.6 Å². The van der Waals surface area contributed by atoms with E-state index in [9.17, 15) is 0 Å². The SMILES string of the molecule is C=CCNc1cc(NC2CCCC2)ncn1. The fraction of sp³-hybridized carbons (Fsp3) is 0.500. The van der Waals surface area contributed by atoms with Gasteiger partial charge in [0.15, 0.2) is 0 Å². The number of aromatic nitrogens is 2. The molecule has 0 saturated heterocycles. The largest absolute Gasteiger partial charge is 0.367 e. The third kappa shape index (κ3) is 2.95. The molecule has 1 aliphatic carbocycles. The van der Waals surface area contributed by atoms with E-state index in [2.05, 4.69) is 27.2 Å². The maximum Gasteiger partial charge on any atom is 0.131 e. The van der Waals surface area contributed by atoms with Crippen LogP contribution in [0.5, 0.6) is 0 Å². The maximum absolute atomic E-state index is 4.22. The van der Waals surface area contributed by atoms with Crippen LogP contribution < -0.4 is 10.6 Å². The lowest BCUT2D eigenvalue weighted by Gasteiger charge is -2.12. The number of nitrogens with zero attached hydrogens (tertiary/aromatic N) is 2. The summed E-state index contributed by atoms with van der Waals surface area (Å²) in [6.45, 7) is 4.38. The minimum absolute atomic E-state index is 0.585. The second kappa shape index (κ2) is 5.49. The van der Waals surface area contributed by atoms with Gasteiger partial charge in [-0.15, -0.1) is 6.58 Å². The number of rotatable bonds is 5. The van der Waals surface area contributed by atoms with Gasteiger partial charge in [0.2, 0.25) is 0 Å². The van der Waals surface area contributed by atoms with Gasteiger partial charge in [-0.3, -0.25) is 0 Å². The van der Waals surface area contributed by atoms with Crippen LogP contribution in [-0.4, -0.2) is 22.6 Å². The first-order chi connectivity index (χ1) is 7.88. The first-order valence-corrected chi connectivity index (χ1v) is 5.82. The Morgan fingerprint density at radius 3 is 2.81 bits per heavy atom. The summed E-state index contributed by atoms with van der Waals surface area (Å²) < 4.78 is 0. The number of anilines is 2. The molecule has 1 aromatic heterocycles. The fourth-order valence-corrected chi connectivity index (χ4v) is 1.99. The van der Waals surface area contributed by atoms with E-state index in [1.165, 1.54) is 25.7 Å². The van der Waals surface area contributed by atoms with Crippen LogP contribution in [0.2, 0.25) is 0 Å². The van der Waals surface area contributed by atoms with Crippen LogP contribution in [0.1, 0.15) is 25.7 Å². The van der Waals surface area contributed by atoms with Gasteiger partial charge in [-0.2, -0.15) is 0 Å². The van der Waals surface area contributed by atoms with Gasteiger partial charge in [0, 0.05) is 18.7 Å². The van der Waals surface area contributed by atoms with Gasteiger partial charge in [-0.25, -0.2) is 9.97 Å². The molecule has 0 unspecified atom stereocenters. The van der Waals surface area contributed by atoms with Gasteiger partial charge >= 0.3 is 0 Å². The van der Waals surface area contributed by atoms with Crippen molar-refractivity contribution in [3.05, 3.63) is 25.0 Å². The molecule has 86 valence electrons. The predicted octanol–water partition coefficient (Wildman–Crippen LogP) is 2.43. The molecule has 0 bridgehead atoms. The van der Waals surface area contributed by atoms with E-state index < -0.39 is 0 Å². The standard InChI is InChI=1S/C12H18N4/c1-2-7-13-11-8-12(15-9-14-11)16-10-5-3-4-6-10/h2,8-10H,1,3-7H2,(H2,13,14,15,16). The van der Waals surface area contributed by atoms with Crippen molar-refractivity contribution in [2.45, 2.75) is 31.7 Å². The second-order valence-corrected chi connectivity index (χ2v) is 4.08. The van der Waals surface area contributed by atoms with Crippen molar-refractivity contribution < 1.29 is 0 Å². The Morgan fingerprint density at radius 2 is 2.06 bits per heavy atom. The molecule has 4 nitrogen and oxygen atoms in total. The molecule has 4 heteroatoms. The third-order valence-corrected chi connectivity index (χ3v) is 2.80. The van der Waals surface area contributed by atoms with Crippen LogP contribution in [0.15, 0.2) is 25.0 Å². The normalized spacial score (nSPS) is 16.0. The van der Waals surface area contributed by atoms with Gasteiger partial charge in [-0.1, -0.05) is 18.9 Å². The maximum atomic E-state index is 4.22. The average molecular weight is 218 g/mol. The van der Waals surface area contributed by atoms with Gasteiger partial charge in [0.05, 0.1) is 0 Å². The molecule has 0 atom stereocenters. The molecule has 0 spiro atoms. The highest BCUT2D eigenvalue weighted by atomic mass is 15.1. The first kappa shape index (κ1) is 10.9. The van der Waals surface area contributed by atoms with Crippen molar-refractivity contribution in [3.8, 4) is 0 Å². The van der Waals surface area contributed by atoms with Crippen LogP contribution in [0, 0.1) is 0 Å². The Hall–Kier alpha value is -1.58. The molecular formula is C12H18N4. The monoisotopic (exact) mass is 218 g/mol. The third-order valence-electron chi connectivity index (χ3n) is 2.80. The molecule has 16 heavy (non-hydrogen) atoms. The highest BCUT2D eigenvalue weighted by molar-refractivity contribution is 5.47. The molecule has 0 aliphatic heterocycles. The van der Waals surface area contributed by atoms with E-state index in [4.69, 9.17) is 0 Å². The van der Waals surface area contributed by atoms with Crippen LogP contribution in [0.4, 0.5) is 11.6 Å². The Bertz CT molecular complexity index is 345. The smallest absolute Gasteiger partial charge is 0.131 e.